The van der Waals surface area contributed by atoms with Crippen molar-refractivity contribution in [2.24, 2.45) is 11.8 Å². The Morgan fingerprint density at radius 3 is 2.31 bits per heavy atom. The van der Waals surface area contributed by atoms with Gasteiger partial charge in [0.15, 0.2) is 6.10 Å². The smallest absolute Gasteiger partial charge is 0.407 e. The van der Waals surface area contributed by atoms with Gasteiger partial charge in [0.1, 0.15) is 6.61 Å². The van der Waals surface area contributed by atoms with Crippen LogP contribution >= 0.6 is 0 Å². The maximum atomic E-state index is 12.4. The van der Waals surface area contributed by atoms with Crippen LogP contribution in [0.2, 0.25) is 0 Å². The molecule has 3 atom stereocenters. The zero-order chi connectivity index (χ0) is 24.4. The summed E-state index contributed by atoms with van der Waals surface area (Å²) in [7, 11) is 0. The summed E-state index contributed by atoms with van der Waals surface area (Å²) in [6, 6.07) is 16.3. The molecular formula is C26H28N2O7. The molecule has 1 aliphatic heterocycles. The van der Waals surface area contributed by atoms with Gasteiger partial charge in [0, 0.05) is 12.5 Å². The third-order valence-corrected chi connectivity index (χ3v) is 6.85. The highest BCUT2D eigenvalue weighted by atomic mass is 16.7. The van der Waals surface area contributed by atoms with Gasteiger partial charge in [-0.25, -0.2) is 15.1 Å². The van der Waals surface area contributed by atoms with E-state index in [1.54, 1.807) is 0 Å². The fourth-order valence-electron chi connectivity index (χ4n) is 4.83. The Bertz CT molecular complexity index is 1070. The van der Waals surface area contributed by atoms with Crippen LogP contribution in [0, 0.1) is 11.8 Å². The van der Waals surface area contributed by atoms with Gasteiger partial charge < -0.3 is 19.9 Å². The lowest BCUT2D eigenvalue weighted by atomic mass is 9.98. The van der Waals surface area contributed by atoms with Crippen LogP contribution in [0.4, 0.5) is 4.79 Å². The summed E-state index contributed by atoms with van der Waals surface area (Å²) in [6.07, 6.45) is 0.0455. The van der Waals surface area contributed by atoms with Crippen molar-refractivity contribution in [1.82, 2.24) is 10.8 Å². The van der Waals surface area contributed by atoms with Crippen molar-refractivity contribution >= 4 is 18.0 Å². The molecule has 3 aliphatic rings. The summed E-state index contributed by atoms with van der Waals surface area (Å²) in [6.45, 7) is 0.605. The van der Waals surface area contributed by atoms with E-state index in [0.29, 0.717) is 6.42 Å². The van der Waals surface area contributed by atoms with E-state index in [-0.39, 0.29) is 37.7 Å². The fraction of sp³-hybridized carbons (Fsp3) is 0.423. The van der Waals surface area contributed by atoms with Crippen molar-refractivity contribution in [3.05, 3.63) is 59.7 Å². The molecule has 9 heteroatoms. The number of amides is 2. The van der Waals surface area contributed by atoms with Gasteiger partial charge in [0.2, 0.25) is 5.91 Å². The number of hydrogen-bond donors (Lipinski definition) is 3. The average Bonchev–Trinajstić information content (AvgIpc) is 3.49. The van der Waals surface area contributed by atoms with Crippen LogP contribution in [-0.2, 0) is 23.9 Å². The highest BCUT2D eigenvalue weighted by molar-refractivity contribution is 5.80. The lowest BCUT2D eigenvalue weighted by Crippen LogP contribution is -2.39. The van der Waals surface area contributed by atoms with Crippen molar-refractivity contribution in [2.45, 2.75) is 37.4 Å². The second-order valence-electron chi connectivity index (χ2n) is 9.27. The number of aliphatic carboxylic acids is 1. The van der Waals surface area contributed by atoms with Gasteiger partial charge >= 0.3 is 12.1 Å². The Hall–Kier alpha value is -3.43. The molecule has 0 spiro atoms. The van der Waals surface area contributed by atoms with Gasteiger partial charge in [0.05, 0.1) is 18.6 Å². The first-order valence-corrected chi connectivity index (χ1v) is 11.9. The van der Waals surface area contributed by atoms with Crippen LogP contribution in [0.3, 0.4) is 0 Å². The molecule has 1 heterocycles. The number of hydrogen-bond acceptors (Lipinski definition) is 6. The Balaban J connectivity index is 1.06. The van der Waals surface area contributed by atoms with Crippen LogP contribution < -0.4 is 10.8 Å². The molecule has 1 saturated carbocycles. The summed E-state index contributed by atoms with van der Waals surface area (Å²) < 4.78 is 11.1. The Morgan fingerprint density at radius 1 is 1.03 bits per heavy atom. The van der Waals surface area contributed by atoms with Gasteiger partial charge in [-0.3, -0.25) is 9.63 Å². The summed E-state index contributed by atoms with van der Waals surface area (Å²) >= 11 is 0. The molecule has 0 bridgehead atoms. The minimum absolute atomic E-state index is 0.0192. The number of alkyl carbamates (subject to hydrolysis) is 1. The largest absolute Gasteiger partial charge is 0.479 e. The first-order chi connectivity index (χ1) is 17.0. The monoisotopic (exact) mass is 480 g/mol. The van der Waals surface area contributed by atoms with Crippen LogP contribution in [-0.4, -0.2) is 55.0 Å². The third kappa shape index (κ3) is 5.16. The minimum Gasteiger partial charge on any atom is -0.479 e. The van der Waals surface area contributed by atoms with Gasteiger partial charge in [-0.2, -0.15) is 0 Å². The number of nitrogens with one attached hydrogen (secondary N) is 2. The summed E-state index contributed by atoms with van der Waals surface area (Å²) in [5, 5.41) is 11.9. The van der Waals surface area contributed by atoms with Crippen molar-refractivity contribution in [3.8, 4) is 11.1 Å². The van der Waals surface area contributed by atoms with E-state index in [2.05, 4.69) is 35.1 Å². The van der Waals surface area contributed by atoms with E-state index in [9.17, 15) is 19.5 Å². The van der Waals surface area contributed by atoms with Crippen LogP contribution in [0.15, 0.2) is 48.5 Å². The maximum Gasteiger partial charge on any atom is 0.407 e. The predicted molar refractivity (Wildman–Crippen MR) is 124 cm³/mol. The van der Waals surface area contributed by atoms with E-state index >= 15 is 0 Å². The topological polar surface area (TPSA) is 123 Å². The van der Waals surface area contributed by atoms with Crippen molar-refractivity contribution in [3.63, 3.8) is 0 Å². The number of hydroxylamine groups is 1. The van der Waals surface area contributed by atoms with Crippen LogP contribution in [0.1, 0.15) is 36.3 Å². The van der Waals surface area contributed by atoms with Gasteiger partial charge in [-0.15, -0.1) is 0 Å². The first-order valence-electron chi connectivity index (χ1n) is 11.9. The van der Waals surface area contributed by atoms with Gasteiger partial charge in [0.25, 0.3) is 0 Å². The van der Waals surface area contributed by atoms with E-state index in [0.717, 1.165) is 35.1 Å². The number of rotatable bonds is 9. The molecule has 35 heavy (non-hydrogen) atoms. The third-order valence-electron chi connectivity index (χ3n) is 6.85. The second kappa shape index (κ2) is 10.1. The molecule has 3 N–H and O–H groups in total. The predicted octanol–water partition coefficient (Wildman–Crippen LogP) is 2.84. The van der Waals surface area contributed by atoms with Gasteiger partial charge in [-0.1, -0.05) is 48.5 Å². The number of carboxylic acid groups (broad SMARTS) is 1. The molecule has 2 aromatic rings. The summed E-state index contributed by atoms with van der Waals surface area (Å²) in [4.78, 5) is 41.0. The molecule has 3 unspecified atom stereocenters. The standard InChI is InChI=1S/C26H28N2O7/c29-24(28-35-23(25(30)31)15-9-10-15)16-11-17(33-13-16)12-27-26(32)34-14-22-20-7-3-1-5-18(20)19-6-2-4-8-21(19)22/h1-8,15-17,22-23H,9-14H2,(H,27,32)(H,28,29)(H,30,31). The Kier molecular flexibility index (Phi) is 6.70. The quantitative estimate of drug-likeness (QED) is 0.472. The molecule has 184 valence electrons. The molecule has 2 fully saturated rings. The Morgan fingerprint density at radius 2 is 1.69 bits per heavy atom. The lowest BCUT2D eigenvalue weighted by molar-refractivity contribution is -0.163. The highest BCUT2D eigenvalue weighted by Gasteiger charge is 2.39. The zero-order valence-electron chi connectivity index (χ0n) is 19.1. The number of fused-ring (bicyclic) bond motifs is 3. The Labute approximate surface area is 202 Å². The van der Waals surface area contributed by atoms with Crippen LogP contribution in [0.25, 0.3) is 11.1 Å². The number of carboxylic acids is 1. The maximum absolute atomic E-state index is 12.4. The van der Waals surface area contributed by atoms with E-state index in [1.165, 1.54) is 0 Å². The van der Waals surface area contributed by atoms with E-state index in [1.807, 2.05) is 24.3 Å². The average molecular weight is 481 g/mol. The van der Waals surface area contributed by atoms with E-state index < -0.39 is 30.0 Å². The molecule has 2 aliphatic carbocycles. The molecule has 2 aromatic carbocycles. The lowest BCUT2D eigenvalue weighted by Gasteiger charge is -2.16. The molecule has 0 radical (unpaired) electrons. The molecule has 9 nitrogen and oxygen atoms in total. The number of carbonyl (C=O) groups excluding carboxylic acids is 2. The first kappa shape index (κ1) is 23.3. The van der Waals surface area contributed by atoms with Crippen molar-refractivity contribution < 1.29 is 33.8 Å². The van der Waals surface area contributed by atoms with E-state index in [4.69, 9.17) is 14.3 Å². The summed E-state index contributed by atoms with van der Waals surface area (Å²) in [5.74, 6) is -2.05. The SMILES string of the molecule is O=C(NCC1CC(C(=O)NOC(C(=O)O)C2CC2)CO1)OCC1c2ccccc2-c2ccccc21. The molecular weight excluding hydrogens is 452 g/mol. The normalized spacial score (nSPS) is 21.6. The van der Waals surface area contributed by atoms with Crippen molar-refractivity contribution in [1.29, 1.82) is 0 Å². The molecule has 5 rings (SSSR count). The summed E-state index contributed by atoms with van der Waals surface area (Å²) in [5.41, 5.74) is 6.88. The van der Waals surface area contributed by atoms with Crippen LogP contribution in [0.5, 0.6) is 0 Å². The molecule has 1 saturated heterocycles. The number of carbonyl (C=O) groups is 3. The highest BCUT2D eigenvalue weighted by Crippen LogP contribution is 2.44. The number of benzene rings is 2. The molecule has 2 amide bonds. The fourth-order valence-corrected chi connectivity index (χ4v) is 4.83. The second-order valence-corrected chi connectivity index (χ2v) is 9.27. The van der Waals surface area contributed by atoms with Crippen molar-refractivity contribution in [2.75, 3.05) is 19.8 Å². The van der Waals surface area contributed by atoms with Gasteiger partial charge in [-0.05, 0) is 47.4 Å². The number of ether oxygens (including phenoxy) is 2. The minimum atomic E-state index is -1.08. The zero-order valence-corrected chi connectivity index (χ0v) is 19.1. The molecule has 0 aromatic heterocycles.